The number of carbonyl (C=O) groups is 1. The second-order valence-corrected chi connectivity index (χ2v) is 9.64. The summed E-state index contributed by atoms with van der Waals surface area (Å²) in [6.45, 7) is 6.67. The Labute approximate surface area is 215 Å². The number of hydrogen-bond acceptors (Lipinski definition) is 5. The number of Topliss-reactive ketones (excluding diaryl/α,β-unsaturated/α-hetero) is 1. The SMILES string of the molecule is CCN(CC)c1ccc2cc(-c3cc[n+](Cc4ccc5c(c4)C=C4C(=O)CCC4O5)cc3)c(=O)oc2c1. The molecule has 2 aromatic heterocycles. The minimum absolute atomic E-state index is 0.0926. The maximum absolute atomic E-state index is 12.8. The lowest BCUT2D eigenvalue weighted by Gasteiger charge is -2.21. The van der Waals surface area contributed by atoms with Gasteiger partial charge in [0.2, 0.25) is 0 Å². The van der Waals surface area contributed by atoms with Crippen LogP contribution in [-0.4, -0.2) is 25.0 Å². The summed E-state index contributed by atoms with van der Waals surface area (Å²) in [5.74, 6) is 1.02. The molecule has 4 aromatic rings. The van der Waals surface area contributed by atoms with E-state index < -0.39 is 0 Å². The molecule has 37 heavy (non-hydrogen) atoms. The van der Waals surface area contributed by atoms with Gasteiger partial charge in [0.15, 0.2) is 24.7 Å². The molecule has 1 aliphatic carbocycles. The van der Waals surface area contributed by atoms with Crippen LogP contribution in [0.5, 0.6) is 5.75 Å². The quantitative estimate of drug-likeness (QED) is 0.275. The van der Waals surface area contributed by atoms with Gasteiger partial charge in [-0.2, -0.15) is 0 Å². The first-order valence-electron chi connectivity index (χ1n) is 12.9. The molecule has 6 heteroatoms. The molecule has 1 unspecified atom stereocenters. The fourth-order valence-corrected chi connectivity index (χ4v) is 5.31. The number of rotatable bonds is 6. The highest BCUT2D eigenvalue weighted by atomic mass is 16.5. The summed E-state index contributed by atoms with van der Waals surface area (Å²) in [7, 11) is 0. The summed E-state index contributed by atoms with van der Waals surface area (Å²) in [5.41, 5.74) is 5.52. The van der Waals surface area contributed by atoms with E-state index in [-0.39, 0.29) is 17.5 Å². The summed E-state index contributed by atoms with van der Waals surface area (Å²) in [5, 5.41) is 0.899. The molecular formula is C31H29N2O4+. The second-order valence-electron chi connectivity index (χ2n) is 9.64. The molecule has 3 heterocycles. The molecule has 1 saturated carbocycles. The first-order valence-corrected chi connectivity index (χ1v) is 12.9. The average Bonchev–Trinajstić information content (AvgIpc) is 3.27. The predicted molar refractivity (Wildman–Crippen MR) is 144 cm³/mol. The molecule has 2 aliphatic rings. The molecule has 0 bridgehead atoms. The standard InChI is InChI=1S/C31H29N2O4/c1-3-33(4-2)24-7-6-22-16-25(31(35)37-30(22)18-24)21-11-13-32(14-12-21)19-20-5-9-28-23(15-20)17-26-27(34)8-10-29(26)36-28/h5-7,9,11-18,29H,3-4,8,10,19H2,1-2H3/q+1. The van der Waals surface area contributed by atoms with Crippen molar-refractivity contribution in [2.45, 2.75) is 39.3 Å². The molecule has 186 valence electrons. The molecule has 6 nitrogen and oxygen atoms in total. The molecule has 1 aliphatic heterocycles. The van der Waals surface area contributed by atoms with Crippen molar-refractivity contribution in [2.75, 3.05) is 18.0 Å². The van der Waals surface area contributed by atoms with Crippen molar-refractivity contribution in [1.29, 1.82) is 0 Å². The summed E-state index contributed by atoms with van der Waals surface area (Å²) >= 11 is 0. The number of carbonyl (C=O) groups excluding carboxylic acids is 1. The zero-order valence-electron chi connectivity index (χ0n) is 21.1. The molecule has 0 amide bonds. The van der Waals surface area contributed by atoms with E-state index in [0.717, 1.165) is 58.6 Å². The van der Waals surface area contributed by atoms with Crippen LogP contribution in [0.2, 0.25) is 0 Å². The van der Waals surface area contributed by atoms with Crippen LogP contribution in [-0.2, 0) is 11.3 Å². The zero-order valence-corrected chi connectivity index (χ0v) is 21.1. The van der Waals surface area contributed by atoms with Crippen molar-refractivity contribution in [3.05, 3.63) is 94.1 Å². The Balaban J connectivity index is 1.23. The fourth-order valence-electron chi connectivity index (χ4n) is 5.31. The molecule has 0 radical (unpaired) electrons. The van der Waals surface area contributed by atoms with Crippen LogP contribution in [0.15, 0.2) is 81.8 Å². The number of hydrogen-bond donors (Lipinski definition) is 0. The highest BCUT2D eigenvalue weighted by molar-refractivity contribution is 6.03. The molecule has 6 rings (SSSR count). The zero-order chi connectivity index (χ0) is 25.5. The first-order chi connectivity index (χ1) is 18.0. The van der Waals surface area contributed by atoms with Crippen molar-refractivity contribution in [3.63, 3.8) is 0 Å². The van der Waals surface area contributed by atoms with Gasteiger partial charge in [-0.15, -0.1) is 0 Å². The maximum atomic E-state index is 12.8. The van der Waals surface area contributed by atoms with Gasteiger partial charge >= 0.3 is 5.63 Å². The van der Waals surface area contributed by atoms with Gasteiger partial charge < -0.3 is 14.1 Å². The summed E-state index contributed by atoms with van der Waals surface area (Å²) in [6, 6.07) is 17.9. The lowest BCUT2D eigenvalue weighted by molar-refractivity contribution is -0.688. The number of nitrogens with zero attached hydrogens (tertiary/aromatic N) is 2. The number of pyridine rings is 1. The van der Waals surface area contributed by atoms with Crippen molar-refractivity contribution in [2.24, 2.45) is 0 Å². The van der Waals surface area contributed by atoms with Crippen molar-refractivity contribution >= 4 is 28.5 Å². The topological polar surface area (TPSA) is 63.6 Å². The Bertz CT molecular complexity index is 1600. The van der Waals surface area contributed by atoms with Gasteiger partial charge in [0.25, 0.3) is 0 Å². The highest BCUT2D eigenvalue weighted by Gasteiger charge is 2.33. The van der Waals surface area contributed by atoms with Crippen LogP contribution in [0, 0.1) is 0 Å². The summed E-state index contributed by atoms with van der Waals surface area (Å²) in [6.07, 6.45) is 7.15. The minimum atomic E-state index is -0.343. The van der Waals surface area contributed by atoms with E-state index in [4.69, 9.17) is 9.15 Å². The lowest BCUT2D eigenvalue weighted by atomic mass is 10.0. The van der Waals surface area contributed by atoms with Gasteiger partial charge in [0.05, 0.1) is 5.56 Å². The van der Waals surface area contributed by atoms with Gasteiger partial charge in [-0.3, -0.25) is 4.79 Å². The van der Waals surface area contributed by atoms with Gasteiger partial charge in [-0.1, -0.05) is 0 Å². The summed E-state index contributed by atoms with van der Waals surface area (Å²) < 4.78 is 13.8. The predicted octanol–water partition coefficient (Wildman–Crippen LogP) is 5.15. The number of anilines is 1. The highest BCUT2D eigenvalue weighted by Crippen LogP contribution is 2.36. The third-order valence-corrected chi connectivity index (χ3v) is 7.37. The third kappa shape index (κ3) is 4.33. The minimum Gasteiger partial charge on any atom is -0.485 e. The Morgan fingerprint density at radius 1 is 0.973 bits per heavy atom. The second kappa shape index (κ2) is 9.36. The van der Waals surface area contributed by atoms with Gasteiger partial charge in [0.1, 0.15) is 17.4 Å². The fraction of sp³-hybridized carbons (Fsp3) is 0.258. The van der Waals surface area contributed by atoms with E-state index in [1.165, 1.54) is 0 Å². The Morgan fingerprint density at radius 3 is 2.57 bits per heavy atom. The van der Waals surface area contributed by atoms with E-state index in [2.05, 4.69) is 41.5 Å². The molecule has 1 atom stereocenters. The van der Waals surface area contributed by atoms with E-state index >= 15 is 0 Å². The van der Waals surface area contributed by atoms with Crippen LogP contribution in [0.3, 0.4) is 0 Å². The number of benzene rings is 2. The van der Waals surface area contributed by atoms with Crippen LogP contribution in [0.1, 0.15) is 37.8 Å². The number of ether oxygens (including phenoxy) is 1. The largest absolute Gasteiger partial charge is 0.485 e. The molecular weight excluding hydrogens is 464 g/mol. The molecule has 2 aromatic carbocycles. The Hall–Kier alpha value is -4.19. The van der Waals surface area contributed by atoms with E-state index in [1.54, 1.807) is 0 Å². The molecule has 0 saturated heterocycles. The molecule has 0 spiro atoms. The van der Waals surface area contributed by atoms with E-state index in [9.17, 15) is 9.59 Å². The smallest absolute Gasteiger partial charge is 0.344 e. The van der Waals surface area contributed by atoms with Gasteiger partial charge in [-0.05, 0) is 62.7 Å². The maximum Gasteiger partial charge on any atom is 0.344 e. The number of aromatic nitrogens is 1. The lowest BCUT2D eigenvalue weighted by Crippen LogP contribution is -2.33. The van der Waals surface area contributed by atoms with Gasteiger partial charge in [-0.25, -0.2) is 9.36 Å². The van der Waals surface area contributed by atoms with E-state index in [1.807, 2.05) is 54.9 Å². The Kier molecular flexibility index (Phi) is 5.87. The Morgan fingerprint density at radius 2 is 1.78 bits per heavy atom. The van der Waals surface area contributed by atoms with E-state index in [0.29, 0.717) is 24.1 Å². The van der Waals surface area contributed by atoms with Crippen LogP contribution in [0.25, 0.3) is 28.2 Å². The number of ketones is 1. The first kappa shape index (κ1) is 23.2. The average molecular weight is 494 g/mol. The number of fused-ring (bicyclic) bond motifs is 3. The van der Waals surface area contributed by atoms with Crippen LogP contribution < -0.4 is 19.8 Å². The van der Waals surface area contributed by atoms with Crippen LogP contribution in [0.4, 0.5) is 5.69 Å². The van der Waals surface area contributed by atoms with Crippen molar-refractivity contribution in [3.8, 4) is 16.9 Å². The van der Waals surface area contributed by atoms with Crippen LogP contribution >= 0.6 is 0 Å². The monoisotopic (exact) mass is 493 g/mol. The molecule has 1 fully saturated rings. The molecule has 0 N–H and O–H groups in total. The van der Waals surface area contributed by atoms with Crippen molar-refractivity contribution < 1.29 is 18.5 Å². The van der Waals surface area contributed by atoms with Gasteiger partial charge in [0, 0.05) is 71.0 Å². The summed E-state index contributed by atoms with van der Waals surface area (Å²) in [4.78, 5) is 27.2. The van der Waals surface area contributed by atoms with Crippen molar-refractivity contribution in [1.82, 2.24) is 0 Å². The third-order valence-electron chi connectivity index (χ3n) is 7.37. The normalized spacial score (nSPS) is 16.2.